The van der Waals surface area contributed by atoms with Gasteiger partial charge < -0.3 is 5.32 Å². The molecule has 1 fully saturated rings. The fourth-order valence-corrected chi connectivity index (χ4v) is 4.64. The average molecular weight is 346 g/mol. The summed E-state index contributed by atoms with van der Waals surface area (Å²) in [6.07, 6.45) is 0. The number of hydrogen-bond acceptors (Lipinski definition) is 3. The number of urea groups is 1. The van der Waals surface area contributed by atoms with Gasteiger partial charge in [0.25, 0.3) is 0 Å². The Morgan fingerprint density at radius 1 is 1.29 bits per heavy atom. The van der Waals surface area contributed by atoms with Crippen LogP contribution < -0.4 is 5.32 Å². The number of carbonyl (C=O) groups excluding carboxylic acids is 1. The molecule has 24 heavy (non-hydrogen) atoms. The molecule has 2 unspecified atom stereocenters. The van der Waals surface area contributed by atoms with E-state index in [1.54, 1.807) is 16.7 Å². The Balaban J connectivity index is 2.32. The summed E-state index contributed by atoms with van der Waals surface area (Å²) >= 11 is 1.71. The van der Waals surface area contributed by atoms with Crippen LogP contribution in [0.4, 0.5) is 10.5 Å². The molecular formula is C19H27N3OS. The number of benzene rings is 1. The molecule has 2 amide bonds. The lowest BCUT2D eigenvalue weighted by Crippen LogP contribution is -2.48. The molecule has 1 heterocycles. The second-order valence-electron chi connectivity index (χ2n) is 7.47. The average Bonchev–Trinajstić information content (AvgIpc) is 2.78. The van der Waals surface area contributed by atoms with E-state index in [-0.39, 0.29) is 22.1 Å². The van der Waals surface area contributed by atoms with E-state index in [2.05, 4.69) is 39.1 Å². The van der Waals surface area contributed by atoms with Gasteiger partial charge >= 0.3 is 6.03 Å². The first kappa shape index (κ1) is 18.7. The molecule has 0 spiro atoms. The zero-order chi connectivity index (χ0) is 18.1. The Morgan fingerprint density at radius 2 is 1.92 bits per heavy atom. The SMILES string of the molecule is CC(C)c1ccccc1NC(=O)N1C(C(C)C)SC(C)(C)C1C#N. The highest BCUT2D eigenvalue weighted by atomic mass is 32.2. The monoisotopic (exact) mass is 345 g/mol. The van der Waals surface area contributed by atoms with Crippen molar-refractivity contribution in [3.8, 4) is 6.07 Å². The van der Waals surface area contributed by atoms with Crippen LogP contribution in [0.25, 0.3) is 0 Å². The summed E-state index contributed by atoms with van der Waals surface area (Å²) in [6.45, 7) is 12.5. The largest absolute Gasteiger partial charge is 0.323 e. The Hall–Kier alpha value is -1.67. The van der Waals surface area contributed by atoms with Crippen LogP contribution in [0, 0.1) is 17.2 Å². The summed E-state index contributed by atoms with van der Waals surface area (Å²) in [5.41, 5.74) is 1.93. The zero-order valence-corrected chi connectivity index (χ0v) is 16.1. The first-order chi connectivity index (χ1) is 11.2. The molecule has 0 radical (unpaired) electrons. The Morgan fingerprint density at radius 3 is 2.46 bits per heavy atom. The third-order valence-electron chi connectivity index (χ3n) is 4.39. The highest BCUT2D eigenvalue weighted by Gasteiger charge is 2.50. The lowest BCUT2D eigenvalue weighted by Gasteiger charge is -2.30. The van der Waals surface area contributed by atoms with Crippen molar-refractivity contribution in [2.24, 2.45) is 5.92 Å². The van der Waals surface area contributed by atoms with Crippen LogP contribution in [0.3, 0.4) is 0 Å². The summed E-state index contributed by atoms with van der Waals surface area (Å²) in [5.74, 6) is 0.595. The van der Waals surface area contributed by atoms with Crippen molar-refractivity contribution in [1.29, 1.82) is 5.26 Å². The first-order valence-corrected chi connectivity index (χ1v) is 9.32. The van der Waals surface area contributed by atoms with E-state index in [0.29, 0.717) is 5.92 Å². The summed E-state index contributed by atoms with van der Waals surface area (Å²) in [4.78, 5) is 14.7. The number of nitriles is 1. The van der Waals surface area contributed by atoms with E-state index < -0.39 is 6.04 Å². The van der Waals surface area contributed by atoms with Gasteiger partial charge in [-0.2, -0.15) is 5.26 Å². The number of hydrogen-bond donors (Lipinski definition) is 1. The van der Waals surface area contributed by atoms with Gasteiger partial charge in [-0.25, -0.2) is 4.79 Å². The van der Waals surface area contributed by atoms with Gasteiger partial charge in [0, 0.05) is 10.4 Å². The number of carbonyl (C=O) groups is 1. The predicted octanol–water partition coefficient (Wildman–Crippen LogP) is 5.04. The minimum Gasteiger partial charge on any atom is -0.307 e. The summed E-state index contributed by atoms with van der Waals surface area (Å²) in [7, 11) is 0. The van der Waals surface area contributed by atoms with Gasteiger partial charge in [-0.1, -0.05) is 45.9 Å². The molecule has 1 aromatic carbocycles. The Bertz CT molecular complexity index is 648. The molecule has 5 heteroatoms. The number of para-hydroxylation sites is 1. The summed E-state index contributed by atoms with van der Waals surface area (Å²) in [5, 5.41) is 12.7. The van der Waals surface area contributed by atoms with Gasteiger partial charge in [0.05, 0.1) is 11.4 Å². The molecule has 0 aromatic heterocycles. The number of nitrogens with one attached hydrogen (secondary N) is 1. The highest BCUT2D eigenvalue weighted by Crippen LogP contribution is 2.47. The second-order valence-corrected chi connectivity index (χ2v) is 9.24. The van der Waals surface area contributed by atoms with Gasteiger partial charge in [0.15, 0.2) is 0 Å². The smallest absolute Gasteiger partial charge is 0.307 e. The van der Waals surface area contributed by atoms with Crippen molar-refractivity contribution < 1.29 is 4.79 Å². The van der Waals surface area contributed by atoms with Crippen molar-refractivity contribution in [2.45, 2.75) is 63.6 Å². The number of nitrogens with zero attached hydrogens (tertiary/aromatic N) is 2. The molecule has 0 bridgehead atoms. The van der Waals surface area contributed by atoms with E-state index in [4.69, 9.17) is 0 Å². The maximum absolute atomic E-state index is 13.0. The molecule has 0 saturated carbocycles. The van der Waals surface area contributed by atoms with E-state index in [1.807, 2.05) is 38.1 Å². The summed E-state index contributed by atoms with van der Waals surface area (Å²) in [6, 6.07) is 9.57. The normalized spacial score (nSPS) is 22.7. The standard InChI is InChI=1S/C19H27N3OS/c1-12(2)14-9-7-8-10-15(14)21-18(23)22-16(11-20)19(5,6)24-17(22)13(3)4/h7-10,12-13,16-17H,1-6H3,(H,21,23). The maximum atomic E-state index is 13.0. The summed E-state index contributed by atoms with van der Waals surface area (Å²) < 4.78 is -0.279. The molecule has 1 N–H and O–H groups in total. The van der Waals surface area contributed by atoms with E-state index in [9.17, 15) is 10.1 Å². The van der Waals surface area contributed by atoms with Gasteiger partial charge in [-0.15, -0.1) is 11.8 Å². The predicted molar refractivity (Wildman–Crippen MR) is 101 cm³/mol. The molecule has 1 aliphatic heterocycles. The molecule has 1 saturated heterocycles. The van der Waals surface area contributed by atoms with Crippen LogP contribution in [0.2, 0.25) is 0 Å². The quantitative estimate of drug-likeness (QED) is 0.834. The van der Waals surface area contributed by atoms with Crippen molar-refractivity contribution >= 4 is 23.5 Å². The molecule has 2 rings (SSSR count). The lowest BCUT2D eigenvalue weighted by molar-refractivity contribution is 0.184. The van der Waals surface area contributed by atoms with Crippen LogP contribution in [0.15, 0.2) is 24.3 Å². The van der Waals surface area contributed by atoms with E-state index in [0.717, 1.165) is 11.3 Å². The first-order valence-electron chi connectivity index (χ1n) is 8.44. The zero-order valence-electron chi connectivity index (χ0n) is 15.3. The van der Waals surface area contributed by atoms with E-state index in [1.165, 1.54) is 0 Å². The van der Waals surface area contributed by atoms with Crippen molar-refractivity contribution in [2.75, 3.05) is 5.32 Å². The molecule has 1 aliphatic rings. The molecule has 0 aliphatic carbocycles. The number of anilines is 1. The van der Waals surface area contributed by atoms with Crippen LogP contribution >= 0.6 is 11.8 Å². The van der Waals surface area contributed by atoms with Crippen LogP contribution in [0.1, 0.15) is 53.0 Å². The minimum absolute atomic E-state index is 0.00383. The Kier molecular flexibility index (Phi) is 5.49. The fourth-order valence-electron chi connectivity index (χ4n) is 3.12. The number of amides is 2. The molecule has 4 nitrogen and oxygen atoms in total. The number of thioether (sulfide) groups is 1. The van der Waals surface area contributed by atoms with Crippen LogP contribution in [-0.2, 0) is 0 Å². The van der Waals surface area contributed by atoms with Gasteiger partial charge in [-0.05, 0) is 37.3 Å². The number of rotatable bonds is 3. The highest BCUT2D eigenvalue weighted by molar-refractivity contribution is 8.01. The van der Waals surface area contributed by atoms with E-state index >= 15 is 0 Å². The molecule has 1 aromatic rings. The van der Waals surface area contributed by atoms with Gasteiger partial charge in [0.2, 0.25) is 0 Å². The van der Waals surface area contributed by atoms with Gasteiger partial charge in [-0.3, -0.25) is 4.90 Å². The van der Waals surface area contributed by atoms with Crippen molar-refractivity contribution in [3.63, 3.8) is 0 Å². The molecule has 130 valence electrons. The molecular weight excluding hydrogens is 318 g/mol. The second kappa shape index (κ2) is 7.06. The maximum Gasteiger partial charge on any atom is 0.323 e. The Labute approximate surface area is 149 Å². The minimum atomic E-state index is -0.443. The van der Waals surface area contributed by atoms with Crippen molar-refractivity contribution in [3.05, 3.63) is 29.8 Å². The lowest BCUT2D eigenvalue weighted by atomic mass is 10.0. The van der Waals surface area contributed by atoms with Crippen LogP contribution in [-0.4, -0.2) is 27.1 Å². The topological polar surface area (TPSA) is 56.1 Å². The fraction of sp³-hybridized carbons (Fsp3) is 0.579. The molecule has 2 atom stereocenters. The van der Waals surface area contributed by atoms with Gasteiger partial charge in [0.1, 0.15) is 6.04 Å². The third-order valence-corrected chi connectivity index (χ3v) is 6.23. The van der Waals surface area contributed by atoms with Crippen LogP contribution in [0.5, 0.6) is 0 Å². The third kappa shape index (κ3) is 3.54. The van der Waals surface area contributed by atoms with Crippen molar-refractivity contribution in [1.82, 2.24) is 4.90 Å².